The fourth-order valence-electron chi connectivity index (χ4n) is 4.04. The molecule has 186 valence electrons. The molecule has 1 N–H and O–H groups in total. The zero-order valence-corrected chi connectivity index (χ0v) is 21.8. The van der Waals surface area contributed by atoms with Crippen molar-refractivity contribution in [1.82, 2.24) is 4.31 Å². The van der Waals surface area contributed by atoms with E-state index < -0.39 is 10.0 Å². The van der Waals surface area contributed by atoms with Gasteiger partial charge < -0.3 is 15.0 Å². The number of benzene rings is 2. The summed E-state index contributed by atoms with van der Waals surface area (Å²) in [4.78, 5) is 14.4. The molecule has 0 spiro atoms. The van der Waals surface area contributed by atoms with Gasteiger partial charge in [0, 0.05) is 56.6 Å². The molecule has 0 aromatic heterocycles. The van der Waals surface area contributed by atoms with Crippen LogP contribution >= 0.6 is 11.6 Å². The summed E-state index contributed by atoms with van der Waals surface area (Å²) in [5.74, 6) is 0.173. The van der Waals surface area contributed by atoms with Crippen LogP contribution in [0, 0.1) is 5.92 Å². The van der Waals surface area contributed by atoms with Gasteiger partial charge in [-0.1, -0.05) is 31.5 Å². The van der Waals surface area contributed by atoms with E-state index in [-0.39, 0.29) is 35.9 Å². The van der Waals surface area contributed by atoms with Crippen molar-refractivity contribution >= 4 is 38.9 Å². The van der Waals surface area contributed by atoms with E-state index in [1.165, 1.54) is 10.4 Å². The van der Waals surface area contributed by atoms with E-state index in [2.05, 4.69) is 5.32 Å². The molecule has 1 fully saturated rings. The highest BCUT2D eigenvalue weighted by atomic mass is 35.5. The Hall–Kier alpha value is -2.13. The molecule has 2 aromatic carbocycles. The summed E-state index contributed by atoms with van der Waals surface area (Å²) in [5, 5.41) is 3.30. The number of anilines is 2. The summed E-state index contributed by atoms with van der Waals surface area (Å²) in [5.41, 5.74) is 2.31. The smallest absolute Gasteiger partial charge is 0.243 e. The second-order valence-corrected chi connectivity index (χ2v) is 11.6. The highest BCUT2D eigenvalue weighted by Crippen LogP contribution is 2.29. The molecule has 1 aliphatic heterocycles. The molecule has 0 saturated carbocycles. The number of sulfonamides is 1. The van der Waals surface area contributed by atoms with Crippen molar-refractivity contribution in [1.29, 1.82) is 0 Å². The molecule has 1 aliphatic rings. The van der Waals surface area contributed by atoms with Gasteiger partial charge in [-0.15, -0.1) is 0 Å². The molecule has 1 heterocycles. The summed E-state index contributed by atoms with van der Waals surface area (Å²) in [6, 6.07) is 11.9. The van der Waals surface area contributed by atoms with Gasteiger partial charge in [-0.2, -0.15) is 4.31 Å². The third kappa shape index (κ3) is 6.95. The lowest BCUT2D eigenvalue weighted by atomic mass is 10.1. The van der Waals surface area contributed by atoms with Crippen molar-refractivity contribution in [3.63, 3.8) is 0 Å². The largest absolute Gasteiger partial charge is 0.377 e. The van der Waals surface area contributed by atoms with E-state index >= 15 is 0 Å². The predicted molar refractivity (Wildman–Crippen MR) is 137 cm³/mol. The number of nitrogens with zero attached hydrogens (tertiary/aromatic N) is 2. The summed E-state index contributed by atoms with van der Waals surface area (Å²) >= 11 is 6.10. The maximum atomic E-state index is 13.7. The summed E-state index contributed by atoms with van der Waals surface area (Å²) < 4.78 is 34.6. The first kappa shape index (κ1) is 26.5. The Bertz CT molecular complexity index is 1100. The lowest BCUT2D eigenvalue weighted by Gasteiger charge is -2.27. The van der Waals surface area contributed by atoms with Crippen LogP contribution in [0.1, 0.15) is 38.7 Å². The molecule has 0 unspecified atom stereocenters. The molecule has 1 saturated heterocycles. The Labute approximate surface area is 208 Å². The average molecular weight is 508 g/mol. The van der Waals surface area contributed by atoms with E-state index in [1.807, 2.05) is 51.0 Å². The van der Waals surface area contributed by atoms with E-state index in [0.29, 0.717) is 23.7 Å². The molecule has 9 heteroatoms. The third-order valence-corrected chi connectivity index (χ3v) is 7.69. The number of carbonyl (C=O) groups is 1. The van der Waals surface area contributed by atoms with Gasteiger partial charge in [-0.25, -0.2) is 8.42 Å². The minimum Gasteiger partial charge on any atom is -0.377 e. The van der Waals surface area contributed by atoms with Gasteiger partial charge in [0.05, 0.1) is 11.0 Å². The normalized spacial score (nSPS) is 16.3. The van der Waals surface area contributed by atoms with Crippen LogP contribution in [-0.2, 0) is 26.1 Å². The topological polar surface area (TPSA) is 79.0 Å². The SMILES string of the molecule is CC(C)CC(=O)Nc1ccc(N(C)C)c(CN(C[C@@H]2CCCO2)S(=O)(=O)c2cccc(Cl)c2)c1. The maximum Gasteiger partial charge on any atom is 0.243 e. The Balaban J connectivity index is 1.96. The van der Waals surface area contributed by atoms with Crippen LogP contribution < -0.4 is 10.2 Å². The molecule has 0 bridgehead atoms. The van der Waals surface area contributed by atoms with Gasteiger partial charge in [-0.05, 0) is 60.7 Å². The number of ether oxygens (including phenoxy) is 1. The Kier molecular flexibility index (Phi) is 8.98. The Morgan fingerprint density at radius 1 is 1.21 bits per heavy atom. The molecule has 1 atom stereocenters. The van der Waals surface area contributed by atoms with Crippen LogP contribution in [0.15, 0.2) is 47.4 Å². The van der Waals surface area contributed by atoms with E-state index in [1.54, 1.807) is 18.2 Å². The van der Waals surface area contributed by atoms with Crippen molar-refractivity contribution in [2.75, 3.05) is 37.5 Å². The van der Waals surface area contributed by atoms with Crippen molar-refractivity contribution in [2.45, 2.75) is 50.7 Å². The van der Waals surface area contributed by atoms with Crippen molar-refractivity contribution in [3.8, 4) is 0 Å². The number of nitrogens with one attached hydrogen (secondary N) is 1. The fourth-order valence-corrected chi connectivity index (χ4v) is 5.79. The van der Waals surface area contributed by atoms with Gasteiger partial charge in [-0.3, -0.25) is 4.79 Å². The Morgan fingerprint density at radius 2 is 1.97 bits per heavy atom. The zero-order chi connectivity index (χ0) is 24.9. The van der Waals surface area contributed by atoms with E-state index in [9.17, 15) is 13.2 Å². The average Bonchev–Trinajstić information content (AvgIpc) is 3.26. The lowest BCUT2D eigenvalue weighted by molar-refractivity contribution is -0.116. The zero-order valence-electron chi connectivity index (χ0n) is 20.3. The highest BCUT2D eigenvalue weighted by Gasteiger charge is 2.30. The number of carbonyl (C=O) groups excluding carboxylic acids is 1. The third-order valence-electron chi connectivity index (χ3n) is 5.65. The first-order valence-corrected chi connectivity index (χ1v) is 13.4. The molecule has 0 radical (unpaired) electrons. The van der Waals surface area contributed by atoms with Gasteiger partial charge in [0.15, 0.2) is 0 Å². The second-order valence-electron chi connectivity index (χ2n) is 9.27. The van der Waals surface area contributed by atoms with E-state index in [0.717, 1.165) is 24.1 Å². The number of halogens is 1. The first-order valence-electron chi connectivity index (χ1n) is 11.5. The molecule has 2 aromatic rings. The molecule has 0 aliphatic carbocycles. The number of hydrogen-bond donors (Lipinski definition) is 1. The van der Waals surface area contributed by atoms with Gasteiger partial charge >= 0.3 is 0 Å². The van der Waals surface area contributed by atoms with Gasteiger partial charge in [0.1, 0.15) is 0 Å². The molecular formula is C25H34ClN3O4S. The van der Waals surface area contributed by atoms with Crippen LogP contribution in [0.2, 0.25) is 5.02 Å². The van der Waals surface area contributed by atoms with Crippen LogP contribution in [-0.4, -0.2) is 52.0 Å². The Morgan fingerprint density at radius 3 is 2.59 bits per heavy atom. The molecule has 1 amide bonds. The molecule has 3 rings (SSSR count). The first-order chi connectivity index (χ1) is 16.1. The quantitative estimate of drug-likeness (QED) is 0.501. The summed E-state index contributed by atoms with van der Waals surface area (Å²) in [6.07, 6.45) is 1.98. The van der Waals surface area contributed by atoms with Gasteiger partial charge in [0.25, 0.3) is 0 Å². The fraction of sp³-hybridized carbons (Fsp3) is 0.480. The number of rotatable bonds is 10. The molecule has 7 nitrogen and oxygen atoms in total. The number of amides is 1. The van der Waals surface area contributed by atoms with E-state index in [4.69, 9.17) is 16.3 Å². The van der Waals surface area contributed by atoms with Crippen molar-refractivity contribution < 1.29 is 17.9 Å². The van der Waals surface area contributed by atoms with Crippen LogP contribution in [0.3, 0.4) is 0 Å². The maximum absolute atomic E-state index is 13.7. The number of hydrogen-bond acceptors (Lipinski definition) is 5. The van der Waals surface area contributed by atoms with Crippen molar-refractivity contribution in [3.05, 3.63) is 53.1 Å². The second kappa shape index (κ2) is 11.5. The standard InChI is InChI=1S/C25H34ClN3O4S/c1-18(2)13-25(30)27-21-10-11-24(28(3)4)19(14-21)16-29(17-22-8-6-12-33-22)34(31,32)23-9-5-7-20(26)15-23/h5,7,9-11,14-15,18,22H,6,8,12-13,16-17H2,1-4H3,(H,27,30)/t22-/m0/s1. The van der Waals surface area contributed by atoms with Crippen LogP contribution in [0.5, 0.6) is 0 Å². The van der Waals surface area contributed by atoms with Gasteiger partial charge in [0.2, 0.25) is 15.9 Å². The highest BCUT2D eigenvalue weighted by molar-refractivity contribution is 7.89. The molecular weight excluding hydrogens is 474 g/mol. The van der Waals surface area contributed by atoms with Crippen LogP contribution in [0.4, 0.5) is 11.4 Å². The monoisotopic (exact) mass is 507 g/mol. The minimum atomic E-state index is -3.84. The molecule has 34 heavy (non-hydrogen) atoms. The predicted octanol–water partition coefficient (Wildman–Crippen LogP) is 4.76. The van der Waals surface area contributed by atoms with Crippen molar-refractivity contribution in [2.24, 2.45) is 5.92 Å². The summed E-state index contributed by atoms with van der Waals surface area (Å²) in [7, 11) is -0.0235. The minimum absolute atomic E-state index is 0.0682. The lowest BCUT2D eigenvalue weighted by Crippen LogP contribution is -2.37. The van der Waals surface area contributed by atoms with Crippen LogP contribution in [0.25, 0.3) is 0 Å². The summed E-state index contributed by atoms with van der Waals surface area (Å²) in [6.45, 7) is 4.99.